The van der Waals surface area contributed by atoms with Crippen molar-refractivity contribution in [2.24, 2.45) is 0 Å². The first-order valence-corrected chi connectivity index (χ1v) is 6.20. The average molecular weight is 254 g/mol. The Morgan fingerprint density at radius 3 is 1.68 bits per heavy atom. The number of methoxy groups -OCH3 is 1. The number of carbonyl (C=O) groups is 1. The summed E-state index contributed by atoms with van der Waals surface area (Å²) in [7, 11) is 1.41. The Hall–Kier alpha value is -2.29. The van der Waals surface area contributed by atoms with E-state index in [1.807, 2.05) is 60.7 Å². The van der Waals surface area contributed by atoms with Crippen molar-refractivity contribution in [3.05, 3.63) is 71.8 Å². The lowest BCUT2D eigenvalue weighted by Gasteiger charge is -2.21. The van der Waals surface area contributed by atoms with Gasteiger partial charge in [0.05, 0.1) is 7.11 Å². The molecule has 0 aliphatic rings. The molecule has 3 nitrogen and oxygen atoms in total. The monoisotopic (exact) mass is 254 g/mol. The van der Waals surface area contributed by atoms with Crippen LogP contribution in [0.25, 0.3) is 0 Å². The molecule has 2 aromatic rings. The summed E-state index contributed by atoms with van der Waals surface area (Å²) < 4.78 is 4.84. The molecule has 0 aromatic heterocycles. The van der Waals surface area contributed by atoms with Crippen molar-refractivity contribution in [1.82, 2.24) is 4.90 Å². The molecule has 1 amide bonds. The summed E-state index contributed by atoms with van der Waals surface area (Å²) in [5.74, 6) is 0. The quantitative estimate of drug-likeness (QED) is 0.836. The second-order valence-electron chi connectivity index (χ2n) is 4.30. The van der Waals surface area contributed by atoms with Gasteiger partial charge in [-0.3, -0.25) is 4.90 Å². The Morgan fingerprint density at radius 1 is 0.895 bits per heavy atom. The Bertz CT molecular complexity index is 469. The average Bonchev–Trinajstić information content (AvgIpc) is 2.48. The molecule has 2 aromatic carbocycles. The van der Waals surface area contributed by atoms with Crippen molar-refractivity contribution in [3.8, 4) is 0 Å². The number of nitrogens with zero attached hydrogens (tertiary/aromatic N) is 1. The van der Waals surface area contributed by atoms with E-state index >= 15 is 0 Å². The molecular weight excluding hydrogens is 237 g/mol. The zero-order valence-corrected chi connectivity index (χ0v) is 11.0. The minimum atomic E-state index is -0.312. The van der Waals surface area contributed by atoms with Gasteiger partial charge in [-0.1, -0.05) is 60.7 Å². The molecule has 0 aliphatic heterocycles. The summed E-state index contributed by atoms with van der Waals surface area (Å²) in [6.07, 6.45) is -0.312. The highest BCUT2D eigenvalue weighted by Crippen LogP contribution is 2.11. The number of amides is 1. The Kier molecular flexibility index (Phi) is 4.56. The second kappa shape index (κ2) is 6.59. The zero-order valence-electron chi connectivity index (χ0n) is 11.0. The smallest absolute Gasteiger partial charge is 0.410 e. The topological polar surface area (TPSA) is 29.5 Å². The van der Waals surface area contributed by atoms with Crippen molar-refractivity contribution in [3.63, 3.8) is 0 Å². The summed E-state index contributed by atoms with van der Waals surface area (Å²) in [5, 5.41) is 0. The summed E-state index contributed by atoms with van der Waals surface area (Å²) in [6.45, 7) is 1.09. The van der Waals surface area contributed by atoms with E-state index in [1.165, 1.54) is 7.11 Å². The first kappa shape index (κ1) is 13.1. The van der Waals surface area contributed by atoms with Crippen molar-refractivity contribution in [2.45, 2.75) is 13.1 Å². The van der Waals surface area contributed by atoms with Gasteiger partial charge in [0.25, 0.3) is 0 Å². The number of hydrogen-bond acceptors (Lipinski definition) is 2. The van der Waals surface area contributed by atoms with Gasteiger partial charge in [0.2, 0.25) is 0 Å². The minimum Gasteiger partial charge on any atom is -0.453 e. The van der Waals surface area contributed by atoms with Crippen LogP contribution in [0.3, 0.4) is 0 Å². The largest absolute Gasteiger partial charge is 0.453 e. The third-order valence-corrected chi connectivity index (χ3v) is 2.87. The number of ether oxygens (including phenoxy) is 1. The Balaban J connectivity index is 2.10. The van der Waals surface area contributed by atoms with Gasteiger partial charge in [0.1, 0.15) is 0 Å². The van der Waals surface area contributed by atoms with Gasteiger partial charge in [-0.15, -0.1) is 0 Å². The second-order valence-corrected chi connectivity index (χ2v) is 4.30. The van der Waals surface area contributed by atoms with Crippen LogP contribution in [0.1, 0.15) is 11.1 Å². The fourth-order valence-corrected chi connectivity index (χ4v) is 1.92. The predicted octanol–water partition coefficient (Wildman–Crippen LogP) is 3.46. The summed E-state index contributed by atoms with van der Waals surface area (Å²) >= 11 is 0. The zero-order chi connectivity index (χ0) is 13.5. The lowest BCUT2D eigenvalue weighted by Crippen LogP contribution is -2.29. The van der Waals surface area contributed by atoms with E-state index in [9.17, 15) is 4.79 Å². The van der Waals surface area contributed by atoms with E-state index in [4.69, 9.17) is 4.74 Å². The van der Waals surface area contributed by atoms with E-state index in [-0.39, 0.29) is 6.09 Å². The maximum Gasteiger partial charge on any atom is 0.410 e. The Morgan fingerprint density at radius 2 is 1.32 bits per heavy atom. The van der Waals surface area contributed by atoms with Crippen LogP contribution < -0.4 is 0 Å². The lowest BCUT2D eigenvalue weighted by atomic mass is 10.2. The van der Waals surface area contributed by atoms with Gasteiger partial charge in [-0.05, 0) is 11.1 Å². The highest BCUT2D eigenvalue weighted by Gasteiger charge is 2.14. The summed E-state index contributed by atoms with van der Waals surface area (Å²) in [6, 6.07) is 19.8. The third-order valence-electron chi connectivity index (χ3n) is 2.87. The SMILES string of the molecule is [11CH3]OC(=O)N(Cc1ccccc1)Cc1ccccc1. The molecule has 0 unspecified atom stereocenters. The number of rotatable bonds is 4. The first-order valence-electron chi connectivity index (χ1n) is 6.20. The molecule has 0 bridgehead atoms. The van der Waals surface area contributed by atoms with Gasteiger partial charge in [-0.25, -0.2) is 4.79 Å². The summed E-state index contributed by atoms with van der Waals surface area (Å²) in [4.78, 5) is 13.5. The molecule has 0 saturated heterocycles. The van der Waals surface area contributed by atoms with E-state index < -0.39 is 0 Å². The molecule has 0 spiro atoms. The lowest BCUT2D eigenvalue weighted by molar-refractivity contribution is 0.118. The highest BCUT2D eigenvalue weighted by molar-refractivity contribution is 5.67. The van der Waals surface area contributed by atoms with Crippen LogP contribution in [-0.2, 0) is 17.8 Å². The van der Waals surface area contributed by atoms with Gasteiger partial charge >= 0.3 is 6.09 Å². The maximum absolute atomic E-state index is 11.8. The van der Waals surface area contributed by atoms with Crippen LogP contribution in [0.2, 0.25) is 0 Å². The molecule has 19 heavy (non-hydrogen) atoms. The van der Waals surface area contributed by atoms with Crippen LogP contribution in [0.15, 0.2) is 60.7 Å². The molecular formula is C16H17NO2. The van der Waals surface area contributed by atoms with Crippen molar-refractivity contribution in [2.75, 3.05) is 7.11 Å². The molecule has 0 saturated carbocycles. The van der Waals surface area contributed by atoms with Gasteiger partial charge < -0.3 is 4.74 Å². The highest BCUT2D eigenvalue weighted by atomic mass is 16.5. The Labute approximate surface area is 113 Å². The molecule has 98 valence electrons. The van der Waals surface area contributed by atoms with Crippen molar-refractivity contribution >= 4 is 6.09 Å². The molecule has 0 heterocycles. The summed E-state index contributed by atoms with van der Waals surface area (Å²) in [5.41, 5.74) is 2.17. The van der Waals surface area contributed by atoms with Crippen LogP contribution >= 0.6 is 0 Å². The fourth-order valence-electron chi connectivity index (χ4n) is 1.92. The molecule has 0 N–H and O–H groups in total. The number of carbonyl (C=O) groups excluding carboxylic acids is 1. The molecule has 0 radical (unpaired) electrons. The predicted molar refractivity (Wildman–Crippen MR) is 74.5 cm³/mol. The molecule has 0 atom stereocenters. The molecule has 3 heteroatoms. The third kappa shape index (κ3) is 3.85. The van der Waals surface area contributed by atoms with Crippen LogP contribution in [0, 0.1) is 0 Å². The number of hydrogen-bond donors (Lipinski definition) is 0. The minimum absolute atomic E-state index is 0.312. The molecule has 0 aliphatic carbocycles. The fraction of sp³-hybridized carbons (Fsp3) is 0.188. The van der Waals surface area contributed by atoms with Crippen LogP contribution in [0.5, 0.6) is 0 Å². The first-order chi connectivity index (χ1) is 9.29. The van der Waals surface area contributed by atoms with E-state index in [0.29, 0.717) is 13.1 Å². The number of benzene rings is 2. The molecule has 0 fully saturated rings. The van der Waals surface area contributed by atoms with E-state index in [1.54, 1.807) is 4.90 Å². The van der Waals surface area contributed by atoms with Gasteiger partial charge in [0, 0.05) is 13.1 Å². The van der Waals surface area contributed by atoms with E-state index in [2.05, 4.69) is 0 Å². The van der Waals surface area contributed by atoms with Gasteiger partial charge in [-0.2, -0.15) is 0 Å². The van der Waals surface area contributed by atoms with Crippen molar-refractivity contribution in [1.29, 1.82) is 0 Å². The standard InChI is InChI=1S/C16H17NO2/c1-19-16(18)17(12-14-8-4-2-5-9-14)13-15-10-6-3-7-11-15/h2-11H,12-13H2,1H3/i1-1. The van der Waals surface area contributed by atoms with E-state index in [0.717, 1.165) is 11.1 Å². The van der Waals surface area contributed by atoms with Crippen molar-refractivity contribution < 1.29 is 9.53 Å². The van der Waals surface area contributed by atoms with Crippen LogP contribution in [-0.4, -0.2) is 18.1 Å². The normalized spacial score (nSPS) is 9.95. The van der Waals surface area contributed by atoms with Gasteiger partial charge in [0.15, 0.2) is 0 Å². The molecule has 2 rings (SSSR count). The van der Waals surface area contributed by atoms with Crippen LogP contribution in [0.4, 0.5) is 4.79 Å². The maximum atomic E-state index is 11.8.